The molecular weight excluding hydrogens is 461 g/mol. The number of halogens is 1. The van der Waals surface area contributed by atoms with Crippen LogP contribution in [0.2, 0.25) is 0 Å². The predicted octanol–water partition coefficient (Wildman–Crippen LogP) is 2.99. The number of aromatic amines is 1. The Morgan fingerprint density at radius 2 is 2.06 bits per heavy atom. The standard InChI is InChI=1S/C22H26FN7O3S/c1-2-12-34(32,33)30-15-5-3-4-14(18(15)23)19-20(29-21(28-19)13-6-7-13)16-8-10-25-22(27-16)26-11-9-17(24)31/h3-5,8,10,13,30H,2,6-7,9,11-12H2,1H3,(H2,24,31)(H,28,29)(H,25,26,27). The summed E-state index contributed by atoms with van der Waals surface area (Å²) in [7, 11) is -3.67. The molecule has 2 heterocycles. The third-order valence-electron chi connectivity index (χ3n) is 5.24. The molecular formula is C22H26FN7O3S. The van der Waals surface area contributed by atoms with E-state index in [2.05, 4.69) is 30.0 Å². The molecule has 0 bridgehead atoms. The lowest BCUT2D eigenvalue weighted by atomic mass is 10.1. The minimum Gasteiger partial charge on any atom is -0.370 e. The van der Waals surface area contributed by atoms with Crippen molar-refractivity contribution in [2.24, 2.45) is 5.73 Å². The molecule has 5 N–H and O–H groups in total. The molecule has 34 heavy (non-hydrogen) atoms. The van der Waals surface area contributed by atoms with Crippen LogP contribution < -0.4 is 15.8 Å². The number of rotatable bonds is 11. The number of primary amides is 1. The van der Waals surface area contributed by atoms with E-state index in [9.17, 15) is 13.2 Å². The van der Waals surface area contributed by atoms with Gasteiger partial charge in [-0.2, -0.15) is 0 Å². The van der Waals surface area contributed by atoms with E-state index >= 15 is 4.39 Å². The van der Waals surface area contributed by atoms with Gasteiger partial charge in [-0.25, -0.2) is 27.8 Å². The quantitative estimate of drug-likeness (QED) is 0.324. The second-order valence-corrected chi connectivity index (χ2v) is 9.96. The van der Waals surface area contributed by atoms with Gasteiger partial charge in [0.2, 0.25) is 21.9 Å². The number of aromatic nitrogens is 4. The third kappa shape index (κ3) is 5.50. The van der Waals surface area contributed by atoms with Crippen molar-refractivity contribution >= 4 is 27.6 Å². The Balaban J connectivity index is 1.72. The van der Waals surface area contributed by atoms with Crippen LogP contribution in [-0.2, 0) is 14.8 Å². The SMILES string of the molecule is CCCS(=O)(=O)Nc1cccc(-c2nc(C3CC3)[nH]c2-c2ccnc(NCCC(N)=O)n2)c1F. The Kier molecular flexibility index (Phi) is 6.77. The Morgan fingerprint density at radius 1 is 1.26 bits per heavy atom. The van der Waals surface area contributed by atoms with E-state index in [-0.39, 0.29) is 41.8 Å². The van der Waals surface area contributed by atoms with Crippen molar-refractivity contribution in [2.75, 3.05) is 22.3 Å². The van der Waals surface area contributed by atoms with Gasteiger partial charge in [0.15, 0.2) is 5.82 Å². The first-order valence-electron chi connectivity index (χ1n) is 11.0. The first-order valence-corrected chi connectivity index (χ1v) is 12.7. The van der Waals surface area contributed by atoms with Crippen molar-refractivity contribution < 1.29 is 17.6 Å². The number of nitrogens with zero attached hydrogens (tertiary/aromatic N) is 3. The summed E-state index contributed by atoms with van der Waals surface area (Å²) < 4.78 is 42.2. The number of carbonyl (C=O) groups excluding carboxylic acids is 1. The minimum atomic E-state index is -3.67. The molecule has 12 heteroatoms. The van der Waals surface area contributed by atoms with E-state index in [1.807, 2.05) is 0 Å². The monoisotopic (exact) mass is 487 g/mol. The van der Waals surface area contributed by atoms with Gasteiger partial charge in [0.25, 0.3) is 0 Å². The van der Waals surface area contributed by atoms with E-state index in [0.29, 0.717) is 23.5 Å². The second kappa shape index (κ2) is 9.75. The molecule has 0 radical (unpaired) electrons. The summed E-state index contributed by atoms with van der Waals surface area (Å²) in [6.07, 6.45) is 4.04. The molecule has 0 aliphatic heterocycles. The fourth-order valence-corrected chi connectivity index (χ4v) is 4.62. The van der Waals surface area contributed by atoms with Crippen LogP contribution in [-0.4, -0.2) is 46.6 Å². The normalized spacial score (nSPS) is 13.6. The van der Waals surface area contributed by atoms with E-state index in [0.717, 1.165) is 18.7 Å². The van der Waals surface area contributed by atoms with Crippen LogP contribution in [0.25, 0.3) is 22.6 Å². The molecule has 4 rings (SSSR count). The van der Waals surface area contributed by atoms with Gasteiger partial charge in [0, 0.05) is 30.6 Å². The maximum Gasteiger partial charge on any atom is 0.232 e. The molecule has 1 aromatic carbocycles. The number of sulfonamides is 1. The fourth-order valence-electron chi connectivity index (χ4n) is 3.48. The zero-order valence-electron chi connectivity index (χ0n) is 18.6. The maximum atomic E-state index is 15.5. The van der Waals surface area contributed by atoms with Gasteiger partial charge in [0.1, 0.15) is 11.5 Å². The van der Waals surface area contributed by atoms with Crippen molar-refractivity contribution in [1.29, 1.82) is 0 Å². The maximum absolute atomic E-state index is 15.5. The predicted molar refractivity (Wildman–Crippen MR) is 127 cm³/mol. The van der Waals surface area contributed by atoms with Crippen LogP contribution in [0.5, 0.6) is 0 Å². The molecule has 1 aliphatic carbocycles. The van der Waals surface area contributed by atoms with Gasteiger partial charge < -0.3 is 16.0 Å². The highest BCUT2D eigenvalue weighted by atomic mass is 32.2. The Labute approximate surface area is 196 Å². The van der Waals surface area contributed by atoms with Crippen molar-refractivity contribution in [1.82, 2.24) is 19.9 Å². The lowest BCUT2D eigenvalue weighted by Gasteiger charge is -2.11. The summed E-state index contributed by atoms with van der Waals surface area (Å²) in [6, 6.07) is 6.18. The van der Waals surface area contributed by atoms with Gasteiger partial charge in [-0.15, -0.1) is 0 Å². The molecule has 0 spiro atoms. The van der Waals surface area contributed by atoms with E-state index in [1.165, 1.54) is 6.07 Å². The highest BCUT2D eigenvalue weighted by Gasteiger charge is 2.30. The largest absolute Gasteiger partial charge is 0.370 e. The summed E-state index contributed by atoms with van der Waals surface area (Å²) in [5, 5.41) is 2.94. The zero-order chi connectivity index (χ0) is 24.3. The molecule has 2 aromatic heterocycles. The van der Waals surface area contributed by atoms with Gasteiger partial charge >= 0.3 is 0 Å². The number of nitrogens with one attached hydrogen (secondary N) is 3. The summed E-state index contributed by atoms with van der Waals surface area (Å²) in [6.45, 7) is 2.01. The van der Waals surface area contributed by atoms with Crippen molar-refractivity contribution in [3.05, 3.63) is 42.1 Å². The van der Waals surface area contributed by atoms with Crippen LogP contribution in [0, 0.1) is 5.82 Å². The Bertz CT molecular complexity index is 1310. The molecule has 1 fully saturated rings. The lowest BCUT2D eigenvalue weighted by molar-refractivity contribution is -0.117. The number of nitrogens with two attached hydrogens (primary N) is 1. The van der Waals surface area contributed by atoms with Crippen molar-refractivity contribution in [3.8, 4) is 22.6 Å². The first kappa shape index (κ1) is 23.6. The van der Waals surface area contributed by atoms with E-state index < -0.39 is 21.7 Å². The summed E-state index contributed by atoms with van der Waals surface area (Å²) in [5.74, 6) is 0.00118. The minimum absolute atomic E-state index is 0.109. The number of H-pyrrole nitrogens is 1. The molecule has 10 nitrogen and oxygen atoms in total. The lowest BCUT2D eigenvalue weighted by Crippen LogP contribution is -2.17. The van der Waals surface area contributed by atoms with Crippen LogP contribution >= 0.6 is 0 Å². The highest BCUT2D eigenvalue weighted by Crippen LogP contribution is 2.42. The van der Waals surface area contributed by atoms with Crippen molar-refractivity contribution in [3.63, 3.8) is 0 Å². The first-order chi connectivity index (χ1) is 16.3. The fraction of sp³-hybridized carbons (Fsp3) is 0.364. The summed E-state index contributed by atoms with van der Waals surface area (Å²) in [5.41, 5.74) is 6.48. The van der Waals surface area contributed by atoms with Crippen molar-refractivity contribution in [2.45, 2.75) is 38.5 Å². The van der Waals surface area contributed by atoms with Crippen LogP contribution in [0.3, 0.4) is 0 Å². The van der Waals surface area contributed by atoms with Gasteiger partial charge in [-0.3, -0.25) is 9.52 Å². The smallest absolute Gasteiger partial charge is 0.232 e. The van der Waals surface area contributed by atoms with E-state index in [1.54, 1.807) is 31.3 Å². The molecule has 0 unspecified atom stereocenters. The van der Waals surface area contributed by atoms with Gasteiger partial charge in [0.05, 0.1) is 22.8 Å². The molecule has 1 aliphatic rings. The number of imidazole rings is 1. The van der Waals surface area contributed by atoms with Crippen LogP contribution in [0.1, 0.15) is 44.3 Å². The summed E-state index contributed by atoms with van der Waals surface area (Å²) in [4.78, 5) is 27.5. The molecule has 180 valence electrons. The Hall–Kier alpha value is -3.54. The van der Waals surface area contributed by atoms with Crippen LogP contribution in [0.15, 0.2) is 30.5 Å². The highest BCUT2D eigenvalue weighted by molar-refractivity contribution is 7.92. The second-order valence-electron chi connectivity index (χ2n) is 8.12. The number of anilines is 2. The topological polar surface area (TPSA) is 156 Å². The number of hydrogen-bond acceptors (Lipinski definition) is 7. The van der Waals surface area contributed by atoms with Crippen LogP contribution in [0.4, 0.5) is 16.0 Å². The number of amides is 1. The van der Waals surface area contributed by atoms with E-state index in [4.69, 9.17) is 5.73 Å². The summed E-state index contributed by atoms with van der Waals surface area (Å²) >= 11 is 0. The van der Waals surface area contributed by atoms with Gasteiger partial charge in [-0.05, 0) is 37.5 Å². The average molecular weight is 488 g/mol. The molecule has 0 saturated heterocycles. The molecule has 3 aromatic rings. The number of benzene rings is 1. The van der Waals surface area contributed by atoms with Gasteiger partial charge in [-0.1, -0.05) is 13.0 Å². The Morgan fingerprint density at radius 3 is 2.76 bits per heavy atom. The molecule has 0 atom stereocenters. The number of hydrogen-bond donors (Lipinski definition) is 4. The zero-order valence-corrected chi connectivity index (χ0v) is 19.5. The third-order valence-corrected chi connectivity index (χ3v) is 6.72. The number of carbonyl (C=O) groups is 1. The molecule has 1 amide bonds. The average Bonchev–Trinajstić information content (AvgIpc) is 3.54. The molecule has 1 saturated carbocycles.